The number of para-hydroxylation sites is 2. The monoisotopic (exact) mass is 411 g/mol. The van der Waals surface area contributed by atoms with Crippen molar-refractivity contribution in [1.29, 1.82) is 0 Å². The summed E-state index contributed by atoms with van der Waals surface area (Å²) in [6, 6.07) is 15.9. The zero-order chi connectivity index (χ0) is 19.3. The van der Waals surface area contributed by atoms with Crippen molar-refractivity contribution in [1.82, 2.24) is 20.3 Å². The molecule has 29 heavy (non-hydrogen) atoms. The largest absolute Gasteiger partial charge is 0.439 e. The summed E-state index contributed by atoms with van der Waals surface area (Å²) >= 11 is 0. The number of nitrogens with zero attached hydrogens (tertiary/aromatic N) is 3. The maximum absolute atomic E-state index is 12.5. The molecule has 0 saturated carbocycles. The number of halogens is 1. The topological polar surface area (TPSA) is 116 Å². The van der Waals surface area contributed by atoms with E-state index in [4.69, 9.17) is 14.9 Å². The molecule has 9 heteroatoms. The highest BCUT2D eigenvalue weighted by Crippen LogP contribution is 2.21. The lowest BCUT2D eigenvalue weighted by atomic mass is 10.2. The molecule has 0 aliphatic rings. The second kappa shape index (κ2) is 9.13. The number of amides is 1. The van der Waals surface area contributed by atoms with Crippen molar-refractivity contribution in [2.24, 2.45) is 5.73 Å². The highest BCUT2D eigenvalue weighted by atomic mass is 35.5. The lowest BCUT2D eigenvalue weighted by molar-refractivity contribution is 0.0947. The number of ether oxygens (including phenoxy) is 1. The second-order valence-electron chi connectivity index (χ2n) is 5.94. The summed E-state index contributed by atoms with van der Waals surface area (Å²) < 4.78 is 11.3. The summed E-state index contributed by atoms with van der Waals surface area (Å²) in [5.74, 6) is 1.02. The number of carbonyl (C=O) groups is 1. The van der Waals surface area contributed by atoms with E-state index >= 15 is 0 Å². The third kappa shape index (κ3) is 4.87. The van der Waals surface area contributed by atoms with E-state index in [2.05, 4.69) is 20.3 Å². The molecule has 1 amide bonds. The van der Waals surface area contributed by atoms with Crippen molar-refractivity contribution >= 4 is 29.4 Å². The lowest BCUT2D eigenvalue weighted by Crippen LogP contribution is -2.22. The number of aromatic nitrogens is 3. The molecule has 3 N–H and O–H groups in total. The molecule has 0 atom stereocenters. The molecule has 0 aliphatic carbocycles. The van der Waals surface area contributed by atoms with Crippen LogP contribution in [0, 0.1) is 0 Å². The van der Waals surface area contributed by atoms with E-state index in [1.165, 1.54) is 6.33 Å². The predicted molar refractivity (Wildman–Crippen MR) is 109 cm³/mol. The second-order valence-corrected chi connectivity index (χ2v) is 5.94. The van der Waals surface area contributed by atoms with Gasteiger partial charge in [-0.05, 0) is 30.3 Å². The summed E-state index contributed by atoms with van der Waals surface area (Å²) in [5.41, 5.74) is 8.12. The third-order valence-corrected chi connectivity index (χ3v) is 3.96. The summed E-state index contributed by atoms with van der Waals surface area (Å²) in [6.07, 6.45) is 1.38. The van der Waals surface area contributed by atoms with E-state index in [1.54, 1.807) is 30.3 Å². The Hall–Kier alpha value is -3.49. The third-order valence-electron chi connectivity index (χ3n) is 3.96. The van der Waals surface area contributed by atoms with Crippen LogP contribution in [0.5, 0.6) is 11.6 Å². The van der Waals surface area contributed by atoms with E-state index in [0.717, 1.165) is 5.52 Å². The standard InChI is InChI=1S/C20H17N5O3.ClH/c21-10-14-9-18(24-12-23-14)27-15-5-3-4-13(8-15)20(26)22-11-19-25-16-6-1-2-7-17(16)28-19;/h1-9,12H,10-11,21H2,(H,22,26);1H. The van der Waals surface area contributed by atoms with Crippen molar-refractivity contribution in [3.63, 3.8) is 0 Å². The van der Waals surface area contributed by atoms with Crippen molar-refractivity contribution in [2.75, 3.05) is 0 Å². The summed E-state index contributed by atoms with van der Waals surface area (Å²) in [5, 5.41) is 2.79. The first-order valence-electron chi connectivity index (χ1n) is 8.63. The fourth-order valence-corrected chi connectivity index (χ4v) is 2.62. The fraction of sp³-hybridized carbons (Fsp3) is 0.100. The van der Waals surface area contributed by atoms with Gasteiger partial charge < -0.3 is 20.2 Å². The number of benzene rings is 2. The Bertz CT molecular complexity index is 1100. The van der Waals surface area contributed by atoms with Crippen molar-refractivity contribution in [3.05, 3.63) is 78.1 Å². The molecule has 0 fully saturated rings. The summed E-state index contributed by atoms with van der Waals surface area (Å²) in [4.78, 5) is 24.9. The van der Waals surface area contributed by atoms with Crippen LogP contribution in [0.4, 0.5) is 0 Å². The van der Waals surface area contributed by atoms with Gasteiger partial charge in [-0.2, -0.15) is 0 Å². The van der Waals surface area contributed by atoms with E-state index in [1.807, 2.05) is 24.3 Å². The van der Waals surface area contributed by atoms with E-state index in [-0.39, 0.29) is 31.4 Å². The number of hydrogen-bond donors (Lipinski definition) is 2. The molecular weight excluding hydrogens is 394 g/mol. The number of fused-ring (bicyclic) bond motifs is 1. The van der Waals surface area contributed by atoms with Gasteiger partial charge in [0.25, 0.3) is 5.91 Å². The molecule has 0 spiro atoms. The fourth-order valence-electron chi connectivity index (χ4n) is 2.62. The first-order chi connectivity index (χ1) is 13.7. The van der Waals surface area contributed by atoms with Gasteiger partial charge in [0, 0.05) is 18.2 Å². The zero-order valence-electron chi connectivity index (χ0n) is 15.2. The Morgan fingerprint density at radius 3 is 2.79 bits per heavy atom. The molecule has 4 rings (SSSR count). The van der Waals surface area contributed by atoms with Gasteiger partial charge >= 0.3 is 0 Å². The Morgan fingerprint density at radius 1 is 1.10 bits per heavy atom. The number of carbonyl (C=O) groups excluding carboxylic acids is 1. The molecule has 0 bridgehead atoms. The molecule has 8 nitrogen and oxygen atoms in total. The number of hydrogen-bond acceptors (Lipinski definition) is 7. The minimum atomic E-state index is -0.266. The van der Waals surface area contributed by atoms with E-state index < -0.39 is 0 Å². The number of nitrogens with two attached hydrogens (primary N) is 1. The van der Waals surface area contributed by atoms with Gasteiger partial charge in [-0.1, -0.05) is 18.2 Å². The SMILES string of the molecule is Cl.NCc1cc(Oc2cccc(C(=O)NCc3nc4ccccc4o3)c2)ncn1. The molecular formula is C20H18ClN5O3. The summed E-state index contributed by atoms with van der Waals surface area (Å²) in [6.45, 7) is 0.474. The van der Waals surface area contributed by atoms with Gasteiger partial charge in [0.05, 0.1) is 12.2 Å². The highest BCUT2D eigenvalue weighted by molar-refractivity contribution is 5.94. The Morgan fingerprint density at radius 2 is 1.97 bits per heavy atom. The summed E-state index contributed by atoms with van der Waals surface area (Å²) in [7, 11) is 0. The smallest absolute Gasteiger partial charge is 0.251 e. The van der Waals surface area contributed by atoms with Gasteiger partial charge in [0.2, 0.25) is 11.8 Å². The van der Waals surface area contributed by atoms with Crippen LogP contribution >= 0.6 is 12.4 Å². The minimum absolute atomic E-state index is 0. The van der Waals surface area contributed by atoms with Crippen LogP contribution in [0.1, 0.15) is 21.9 Å². The molecule has 0 saturated heterocycles. The molecule has 4 aromatic rings. The van der Waals surface area contributed by atoms with Crippen LogP contribution in [0.25, 0.3) is 11.1 Å². The maximum atomic E-state index is 12.5. The van der Waals surface area contributed by atoms with Gasteiger partial charge in [-0.15, -0.1) is 12.4 Å². The first-order valence-corrected chi connectivity index (χ1v) is 8.63. The van der Waals surface area contributed by atoms with Crippen LogP contribution in [0.2, 0.25) is 0 Å². The molecule has 0 aliphatic heterocycles. The quantitative estimate of drug-likeness (QED) is 0.500. The average Bonchev–Trinajstić information content (AvgIpc) is 3.15. The Kier molecular flexibility index (Phi) is 6.38. The van der Waals surface area contributed by atoms with Crippen LogP contribution in [0.15, 0.2) is 65.3 Å². The molecule has 0 unspecified atom stereocenters. The normalized spacial score (nSPS) is 10.4. The minimum Gasteiger partial charge on any atom is -0.439 e. The lowest BCUT2D eigenvalue weighted by Gasteiger charge is -2.07. The van der Waals surface area contributed by atoms with Crippen molar-refractivity contribution in [3.8, 4) is 11.6 Å². The molecule has 2 aromatic heterocycles. The van der Waals surface area contributed by atoms with E-state index in [9.17, 15) is 4.79 Å². The maximum Gasteiger partial charge on any atom is 0.251 e. The van der Waals surface area contributed by atoms with Crippen LogP contribution in [-0.2, 0) is 13.1 Å². The number of oxazole rings is 1. The average molecular weight is 412 g/mol. The van der Waals surface area contributed by atoms with Crippen molar-refractivity contribution in [2.45, 2.75) is 13.1 Å². The van der Waals surface area contributed by atoms with Crippen LogP contribution in [0.3, 0.4) is 0 Å². The van der Waals surface area contributed by atoms with Gasteiger partial charge in [0.1, 0.15) is 17.6 Å². The molecule has 2 aromatic carbocycles. The first kappa shape index (κ1) is 20.2. The van der Waals surface area contributed by atoms with Crippen LogP contribution in [-0.4, -0.2) is 20.9 Å². The van der Waals surface area contributed by atoms with Gasteiger partial charge in [-0.25, -0.2) is 15.0 Å². The van der Waals surface area contributed by atoms with E-state index in [0.29, 0.717) is 34.4 Å². The Balaban J connectivity index is 0.00000240. The van der Waals surface area contributed by atoms with Gasteiger partial charge in [-0.3, -0.25) is 4.79 Å². The predicted octanol–water partition coefficient (Wildman–Crippen LogP) is 3.22. The highest BCUT2D eigenvalue weighted by Gasteiger charge is 2.10. The van der Waals surface area contributed by atoms with Crippen molar-refractivity contribution < 1.29 is 13.9 Å². The zero-order valence-corrected chi connectivity index (χ0v) is 16.1. The molecule has 0 radical (unpaired) electrons. The number of nitrogens with one attached hydrogen (secondary N) is 1. The molecule has 148 valence electrons. The molecule has 2 heterocycles. The Labute approximate surface area is 172 Å². The van der Waals surface area contributed by atoms with Crippen LogP contribution < -0.4 is 15.8 Å². The van der Waals surface area contributed by atoms with Gasteiger partial charge in [0.15, 0.2) is 5.58 Å². The number of rotatable bonds is 6.